The number of benzene rings is 4. The third-order valence-corrected chi connectivity index (χ3v) is 49.0. The number of aryl methyl sites for hydroxylation is 12. The van der Waals surface area contributed by atoms with Crippen LogP contribution in [0.2, 0.25) is 58.9 Å². The first-order chi connectivity index (χ1) is 28.7. The van der Waals surface area contributed by atoms with Crippen LogP contribution in [0.15, 0.2) is 66.1 Å². The summed E-state index contributed by atoms with van der Waals surface area (Å²) in [6.07, 6.45) is 3.38. The molecule has 5 heteroatoms. The highest BCUT2D eigenvalue weighted by Gasteiger charge is 2.53. The molecule has 1 nitrogen and oxygen atoms in total. The fraction of sp³-hybridized carbons (Fsp3) is 0.448. The van der Waals surface area contributed by atoms with Crippen LogP contribution in [0.4, 0.5) is 0 Å². The van der Waals surface area contributed by atoms with Crippen molar-refractivity contribution in [3.05, 3.63) is 155 Å². The molecule has 0 bridgehead atoms. The molecule has 0 atom stereocenters. The predicted molar refractivity (Wildman–Crippen MR) is 293 cm³/mol. The van der Waals surface area contributed by atoms with Crippen LogP contribution in [-0.2, 0) is 4.43 Å². The Bertz CT molecular complexity index is 2450. The van der Waals surface area contributed by atoms with E-state index in [1.165, 1.54) is 106 Å². The Balaban J connectivity index is 2.37. The molecule has 0 spiro atoms. The molecule has 0 aliphatic carbocycles. The normalized spacial score (nSPS) is 13.8. The van der Waals surface area contributed by atoms with Gasteiger partial charge in [-0.25, -0.2) is 0 Å². The van der Waals surface area contributed by atoms with Gasteiger partial charge in [-0.1, -0.05) is 142 Å². The highest BCUT2D eigenvalue weighted by Crippen LogP contribution is 2.44. The van der Waals surface area contributed by atoms with Crippen molar-refractivity contribution in [3.8, 4) is 11.5 Å². The van der Waals surface area contributed by atoms with Crippen LogP contribution in [0.1, 0.15) is 116 Å². The summed E-state index contributed by atoms with van der Waals surface area (Å²) in [5.74, 6) is 5.08. The van der Waals surface area contributed by atoms with Crippen LogP contribution in [0.5, 0.6) is 0 Å². The Morgan fingerprint density at radius 3 is 1.16 bits per heavy atom. The van der Waals surface area contributed by atoms with E-state index in [1.54, 1.807) is 0 Å². The molecule has 0 aromatic heterocycles. The van der Waals surface area contributed by atoms with E-state index in [0.717, 1.165) is 12.2 Å². The van der Waals surface area contributed by atoms with Crippen molar-refractivity contribution in [2.45, 2.75) is 169 Å². The Labute approximate surface area is 390 Å². The van der Waals surface area contributed by atoms with Gasteiger partial charge in [0.1, 0.15) is 7.11 Å². The van der Waals surface area contributed by atoms with E-state index in [9.17, 15) is 0 Å². The molecule has 0 amide bonds. The van der Waals surface area contributed by atoms with Gasteiger partial charge in [0, 0.05) is 16.6 Å². The van der Waals surface area contributed by atoms with Gasteiger partial charge >= 0.3 is 0 Å². The van der Waals surface area contributed by atoms with Crippen LogP contribution >= 0.6 is 0 Å². The molecule has 63 heavy (non-hydrogen) atoms. The number of hydrogen-bond donors (Lipinski definition) is 0. The molecule has 0 fully saturated rings. The van der Waals surface area contributed by atoms with Gasteiger partial charge in [-0.05, 0) is 188 Å². The summed E-state index contributed by atoms with van der Waals surface area (Å²) in [5.41, 5.74) is 32.0. The third-order valence-electron chi connectivity index (χ3n) is 12.8. The largest absolute Gasteiger partial charge is 0.546 e. The Hall–Kier alpha value is -3.67. The van der Waals surface area contributed by atoms with Crippen molar-refractivity contribution in [3.63, 3.8) is 0 Å². The average molecular weight is 910 g/mol. The molecule has 0 saturated heterocycles. The van der Waals surface area contributed by atoms with E-state index in [4.69, 9.17) is 4.43 Å². The molecule has 0 N–H and O–H groups in total. The van der Waals surface area contributed by atoms with Crippen LogP contribution < -0.4 is 0 Å². The van der Waals surface area contributed by atoms with Crippen molar-refractivity contribution in [2.75, 3.05) is 0 Å². The summed E-state index contributed by atoms with van der Waals surface area (Å²) >= 11 is 0. The van der Waals surface area contributed by atoms with Crippen molar-refractivity contribution in [1.29, 1.82) is 0 Å². The molecular weight excluding hydrogens is 825 g/mol. The van der Waals surface area contributed by atoms with Crippen LogP contribution in [0, 0.1) is 100.0 Å². The Kier molecular flexibility index (Phi) is 15.7. The fourth-order valence-corrected chi connectivity index (χ4v) is 50.0. The lowest BCUT2D eigenvalue weighted by Crippen LogP contribution is -2.70. The van der Waals surface area contributed by atoms with E-state index >= 15 is 0 Å². The van der Waals surface area contributed by atoms with Gasteiger partial charge < -0.3 is 4.43 Å². The number of hydrogen-bond acceptors (Lipinski definition) is 1. The molecule has 0 saturated carbocycles. The minimum absolute atomic E-state index is 0.235. The highest BCUT2D eigenvalue weighted by atomic mass is 29.6. The van der Waals surface area contributed by atoms with E-state index in [2.05, 4.69) is 235 Å². The van der Waals surface area contributed by atoms with Crippen LogP contribution in [0.25, 0.3) is 16.7 Å². The molecule has 0 aliphatic rings. The van der Waals surface area contributed by atoms with E-state index < -0.39 is 30.6 Å². The molecule has 4 aromatic carbocycles. The zero-order valence-electron chi connectivity index (χ0n) is 44.4. The zero-order chi connectivity index (χ0) is 47.9. The summed E-state index contributed by atoms with van der Waals surface area (Å²) in [4.78, 5) is 0. The molecule has 338 valence electrons. The minimum Gasteiger partial charge on any atom is -0.546 e. The first-order valence-corrected chi connectivity index (χ1v) is 37.9. The number of rotatable bonds is 11. The van der Waals surface area contributed by atoms with Crippen molar-refractivity contribution < 1.29 is 4.43 Å². The predicted octanol–water partition coefficient (Wildman–Crippen LogP) is 17.0. The molecule has 0 heterocycles. The first kappa shape index (κ1) is 52.0. The maximum Gasteiger partial charge on any atom is 0.241 e. The van der Waals surface area contributed by atoms with Gasteiger partial charge in [0.2, 0.25) is 8.32 Å². The Morgan fingerprint density at radius 2 is 0.825 bits per heavy atom. The van der Waals surface area contributed by atoms with Gasteiger partial charge in [-0.2, -0.15) is 0 Å². The zero-order valence-corrected chi connectivity index (χ0v) is 48.4. The molecule has 4 aromatic rings. The summed E-state index contributed by atoms with van der Waals surface area (Å²) in [6, 6.07) is 18.9. The average Bonchev–Trinajstić information content (AvgIpc) is 3.05. The van der Waals surface area contributed by atoms with E-state index in [0.29, 0.717) is 0 Å². The van der Waals surface area contributed by atoms with Gasteiger partial charge in [0.05, 0.1) is 20.9 Å². The van der Waals surface area contributed by atoms with Crippen LogP contribution in [-0.4, -0.2) is 30.6 Å². The highest BCUT2D eigenvalue weighted by molar-refractivity contribution is 7.73. The smallest absolute Gasteiger partial charge is 0.241 e. The lowest BCUT2D eigenvalue weighted by molar-refractivity contribution is 0.292. The molecule has 0 aliphatic heterocycles. The molecule has 4 rings (SSSR count). The van der Waals surface area contributed by atoms with Crippen LogP contribution in [0.3, 0.4) is 0 Å². The lowest BCUT2D eigenvalue weighted by atomic mass is 9.81. The topological polar surface area (TPSA) is 9.23 Å². The van der Waals surface area contributed by atoms with Crippen molar-refractivity contribution >= 4 is 47.3 Å². The Morgan fingerprint density at radius 1 is 0.492 bits per heavy atom. The van der Waals surface area contributed by atoms with Gasteiger partial charge in [-0.15, -0.1) is 5.54 Å². The van der Waals surface area contributed by atoms with Crippen molar-refractivity contribution in [1.82, 2.24) is 0 Å². The van der Waals surface area contributed by atoms with Gasteiger partial charge in [0.25, 0.3) is 0 Å². The second kappa shape index (κ2) is 19.0. The SMILES string of the molecule is Cc1cc(C)c(C#C[Si](/C=C(\C/C(=C\C(=C(\O[Si](C)(C)C)C(C)(C)C)c2c(C)cc(C)cc2C)c2c(C)cc(C)cc2C)c2c(C)cc(C)cc2C)([Si](C)(C)C)[Si](C)(C)C)c(C)c1. The van der Waals surface area contributed by atoms with Crippen molar-refractivity contribution in [2.24, 2.45) is 5.41 Å². The van der Waals surface area contributed by atoms with Gasteiger partial charge in [-0.3, -0.25) is 0 Å². The second-order valence-corrected chi connectivity index (χ2v) is 54.2. The number of allylic oxidation sites excluding steroid dienone is 5. The summed E-state index contributed by atoms with van der Waals surface area (Å²) < 4.78 is 7.35. The lowest BCUT2D eigenvalue weighted by Gasteiger charge is -2.45. The summed E-state index contributed by atoms with van der Waals surface area (Å²) in [5, 5.41) is 0. The quantitative estimate of drug-likeness (QED) is 0.0631. The summed E-state index contributed by atoms with van der Waals surface area (Å²) in [7, 11) is -8.40. The van der Waals surface area contributed by atoms with E-state index in [-0.39, 0.29) is 5.41 Å². The summed E-state index contributed by atoms with van der Waals surface area (Å²) in [6.45, 7) is 57.1. The monoisotopic (exact) mass is 909 g/mol. The molecule has 0 radical (unpaired) electrons. The molecular formula is C58H84OSi4. The maximum atomic E-state index is 7.35. The second-order valence-electron chi connectivity index (χ2n) is 23.4. The molecule has 0 unspecified atom stereocenters. The third kappa shape index (κ3) is 12.0. The van der Waals surface area contributed by atoms with E-state index in [1.807, 2.05) is 0 Å². The maximum absolute atomic E-state index is 7.35. The van der Waals surface area contributed by atoms with Gasteiger partial charge in [0.15, 0.2) is 0 Å². The minimum atomic E-state index is -2.47. The first-order valence-electron chi connectivity index (χ1n) is 23.4. The fourth-order valence-electron chi connectivity index (χ4n) is 10.7. The standard InChI is InChI=1S/C58H84OSi4/c1-38-27-42(5)52(43(6)28-38)25-26-63(61(19,20)21,62(22,23)24)37-51(55-46(9)31-40(3)32-47(55)10)35-50(54-44(7)29-39(2)30-45(54)8)36-53(56-48(11)33-41(4)34-49(56)12)57(58(13,14)15)59-60(16,17)18/h27-34,36-37H,35H2,1-24H3/b50-36+,51-37+,57-53-.